The Bertz CT molecular complexity index is 1060. The summed E-state index contributed by atoms with van der Waals surface area (Å²) in [5.41, 5.74) is 6.76. The topological polar surface area (TPSA) is 67.9 Å². The van der Waals surface area contributed by atoms with Crippen LogP contribution in [0, 0.1) is 0 Å². The van der Waals surface area contributed by atoms with E-state index < -0.39 is 11.9 Å². The number of halogens is 3. The van der Waals surface area contributed by atoms with Crippen molar-refractivity contribution in [2.75, 3.05) is 0 Å². The fourth-order valence-corrected chi connectivity index (χ4v) is 3.61. The van der Waals surface area contributed by atoms with Gasteiger partial charge in [0.1, 0.15) is 5.75 Å². The summed E-state index contributed by atoms with van der Waals surface area (Å²) in [4.78, 5) is 19.6. The summed E-state index contributed by atoms with van der Waals surface area (Å²) in [7, 11) is 0. The van der Waals surface area contributed by atoms with E-state index in [0.717, 1.165) is 0 Å². The van der Waals surface area contributed by atoms with Crippen LogP contribution in [0.15, 0.2) is 89.9 Å². The Hall–Kier alpha value is -3.81. The molecule has 0 aliphatic carbocycles. The number of hydrogen-bond acceptors (Lipinski definition) is 4. The smallest absolute Gasteiger partial charge is 0.406 e. The van der Waals surface area contributed by atoms with Crippen LogP contribution >= 0.6 is 0 Å². The fourth-order valence-electron chi connectivity index (χ4n) is 3.61. The number of guanidine groups is 1. The molecule has 5 nitrogen and oxygen atoms in total. The third-order valence-electron chi connectivity index (χ3n) is 4.99. The van der Waals surface area contributed by atoms with Crippen molar-refractivity contribution in [2.24, 2.45) is 10.7 Å². The molecule has 0 fully saturated rings. The molecule has 4 rings (SSSR count). The highest BCUT2D eigenvalue weighted by Crippen LogP contribution is 2.40. The summed E-state index contributed by atoms with van der Waals surface area (Å²) >= 11 is 0. The van der Waals surface area contributed by atoms with Gasteiger partial charge in [-0.15, -0.1) is 13.2 Å². The molecule has 8 heteroatoms. The second kappa shape index (κ2) is 7.79. The van der Waals surface area contributed by atoms with Crippen molar-refractivity contribution in [3.8, 4) is 5.75 Å². The number of amides is 1. The Labute approximate surface area is 176 Å². The van der Waals surface area contributed by atoms with Gasteiger partial charge >= 0.3 is 6.36 Å². The number of carbonyl (C=O) groups is 1. The second-order valence-electron chi connectivity index (χ2n) is 7.00. The number of nitrogens with two attached hydrogens (primary N) is 1. The van der Waals surface area contributed by atoms with Crippen LogP contribution in [0.1, 0.15) is 16.7 Å². The molecule has 0 bridgehead atoms. The van der Waals surface area contributed by atoms with E-state index >= 15 is 0 Å². The lowest BCUT2D eigenvalue weighted by Gasteiger charge is -2.27. The van der Waals surface area contributed by atoms with Crippen molar-refractivity contribution < 1.29 is 22.7 Å². The van der Waals surface area contributed by atoms with Crippen molar-refractivity contribution in [1.29, 1.82) is 0 Å². The molecule has 0 atom stereocenters. The molecular weight excluding hydrogens is 407 g/mol. The molecule has 1 amide bonds. The van der Waals surface area contributed by atoms with Gasteiger partial charge in [-0.1, -0.05) is 72.8 Å². The Morgan fingerprint density at radius 1 is 0.871 bits per heavy atom. The minimum Gasteiger partial charge on any atom is -0.406 e. The molecule has 0 aromatic heterocycles. The number of benzene rings is 3. The van der Waals surface area contributed by atoms with Gasteiger partial charge in [-0.25, -0.2) is 4.99 Å². The zero-order valence-electron chi connectivity index (χ0n) is 16.2. The van der Waals surface area contributed by atoms with Gasteiger partial charge < -0.3 is 10.5 Å². The Kier molecular flexibility index (Phi) is 5.14. The molecule has 1 aliphatic heterocycles. The highest BCUT2D eigenvalue weighted by molar-refractivity contribution is 6.09. The van der Waals surface area contributed by atoms with E-state index in [4.69, 9.17) is 5.73 Å². The number of aliphatic imine (C=N–C) groups is 1. The van der Waals surface area contributed by atoms with Gasteiger partial charge in [0.2, 0.25) is 0 Å². The van der Waals surface area contributed by atoms with Gasteiger partial charge in [-0.05, 0) is 28.8 Å². The van der Waals surface area contributed by atoms with Gasteiger partial charge in [0.15, 0.2) is 11.5 Å². The maximum absolute atomic E-state index is 13.7. The van der Waals surface area contributed by atoms with Crippen LogP contribution in [0.4, 0.5) is 13.2 Å². The molecule has 158 valence electrons. The predicted molar refractivity (Wildman–Crippen MR) is 109 cm³/mol. The molecule has 0 spiro atoms. The first-order valence-corrected chi connectivity index (χ1v) is 9.42. The monoisotopic (exact) mass is 425 g/mol. The molecule has 31 heavy (non-hydrogen) atoms. The van der Waals surface area contributed by atoms with Crippen molar-refractivity contribution in [2.45, 2.75) is 18.4 Å². The largest absolute Gasteiger partial charge is 0.573 e. The zero-order valence-corrected chi connectivity index (χ0v) is 16.2. The van der Waals surface area contributed by atoms with E-state index in [1.165, 1.54) is 29.2 Å². The van der Waals surface area contributed by atoms with Crippen LogP contribution in [-0.4, -0.2) is 23.1 Å². The lowest BCUT2D eigenvalue weighted by atomic mass is 9.83. The van der Waals surface area contributed by atoms with Crippen LogP contribution < -0.4 is 10.5 Å². The molecule has 1 heterocycles. The van der Waals surface area contributed by atoms with Crippen LogP contribution in [-0.2, 0) is 16.9 Å². The highest BCUT2D eigenvalue weighted by Gasteiger charge is 2.50. The van der Waals surface area contributed by atoms with E-state index in [9.17, 15) is 18.0 Å². The first-order valence-electron chi connectivity index (χ1n) is 9.42. The third-order valence-corrected chi connectivity index (χ3v) is 4.99. The minimum atomic E-state index is -4.77. The molecule has 1 aliphatic rings. The van der Waals surface area contributed by atoms with E-state index in [1.54, 1.807) is 0 Å². The lowest BCUT2D eigenvalue weighted by molar-refractivity contribution is -0.274. The number of carbonyl (C=O) groups excluding carboxylic acids is 1. The van der Waals surface area contributed by atoms with Gasteiger partial charge in [-0.3, -0.25) is 9.69 Å². The van der Waals surface area contributed by atoms with Crippen molar-refractivity contribution >= 4 is 11.9 Å². The number of hydrogen-bond donors (Lipinski definition) is 1. The van der Waals surface area contributed by atoms with Gasteiger partial charge in [0.25, 0.3) is 5.91 Å². The van der Waals surface area contributed by atoms with E-state index in [1.807, 2.05) is 60.7 Å². The molecule has 0 saturated carbocycles. The zero-order chi connectivity index (χ0) is 22.1. The molecular formula is C23H18F3N3O2. The molecule has 0 unspecified atom stereocenters. The van der Waals surface area contributed by atoms with E-state index in [-0.39, 0.29) is 24.2 Å². The summed E-state index contributed by atoms with van der Waals surface area (Å²) in [6, 6.07) is 23.5. The minimum absolute atomic E-state index is 0.0355. The lowest BCUT2D eigenvalue weighted by Crippen LogP contribution is -2.43. The maximum atomic E-state index is 13.7. The van der Waals surface area contributed by atoms with Crippen molar-refractivity contribution in [3.63, 3.8) is 0 Å². The maximum Gasteiger partial charge on any atom is 0.573 e. The average Bonchev–Trinajstić information content (AvgIpc) is 3.01. The summed E-state index contributed by atoms with van der Waals surface area (Å²) in [5.74, 6) is -0.639. The normalized spacial score (nSPS) is 15.6. The third kappa shape index (κ3) is 3.96. The summed E-state index contributed by atoms with van der Waals surface area (Å²) in [5, 5.41) is 0. The van der Waals surface area contributed by atoms with E-state index in [2.05, 4.69) is 9.73 Å². The van der Waals surface area contributed by atoms with Crippen molar-refractivity contribution in [1.82, 2.24) is 4.90 Å². The second-order valence-corrected chi connectivity index (χ2v) is 7.00. The Morgan fingerprint density at radius 3 is 1.87 bits per heavy atom. The van der Waals surface area contributed by atoms with E-state index in [0.29, 0.717) is 16.7 Å². The molecule has 0 saturated heterocycles. The van der Waals surface area contributed by atoms with Crippen LogP contribution in [0.3, 0.4) is 0 Å². The molecule has 3 aromatic carbocycles. The molecule has 3 aromatic rings. The summed E-state index contributed by atoms with van der Waals surface area (Å²) in [6.07, 6.45) is -4.77. The first kappa shape index (κ1) is 20.5. The first-order chi connectivity index (χ1) is 14.8. The average molecular weight is 425 g/mol. The number of alkyl halides is 3. The van der Waals surface area contributed by atoms with Gasteiger partial charge in [0, 0.05) is 0 Å². The molecule has 0 radical (unpaired) electrons. The van der Waals surface area contributed by atoms with Crippen molar-refractivity contribution in [3.05, 3.63) is 102 Å². The Morgan fingerprint density at radius 2 is 1.39 bits per heavy atom. The number of rotatable bonds is 5. The van der Waals surface area contributed by atoms with Gasteiger partial charge in [-0.2, -0.15) is 0 Å². The summed E-state index contributed by atoms with van der Waals surface area (Å²) in [6.45, 7) is 0.0574. The number of nitrogens with zero attached hydrogens (tertiary/aromatic N) is 2. The van der Waals surface area contributed by atoms with Crippen LogP contribution in [0.5, 0.6) is 5.75 Å². The predicted octanol–water partition coefficient (Wildman–Crippen LogP) is 4.19. The fraction of sp³-hybridized carbons (Fsp3) is 0.130. The standard InChI is InChI=1S/C23H18F3N3O2/c24-23(25,26)31-19-13-11-16(12-14-19)15-29-20(30)22(28-21(29)27,17-7-3-1-4-8-17)18-9-5-2-6-10-18/h1-14H,15H2,(H2,27,28). The van der Waals surface area contributed by atoms with Crippen LogP contribution in [0.25, 0.3) is 0 Å². The Balaban J connectivity index is 1.66. The highest BCUT2D eigenvalue weighted by atomic mass is 19.4. The van der Waals surface area contributed by atoms with Gasteiger partial charge in [0.05, 0.1) is 6.54 Å². The van der Waals surface area contributed by atoms with Crippen LogP contribution in [0.2, 0.25) is 0 Å². The SMILES string of the molecule is NC1=NC(c2ccccc2)(c2ccccc2)C(=O)N1Cc1ccc(OC(F)(F)F)cc1. The summed E-state index contributed by atoms with van der Waals surface area (Å²) < 4.78 is 41.0. The quantitative estimate of drug-likeness (QED) is 0.667. The molecule has 2 N–H and O–H groups in total. The number of ether oxygens (including phenoxy) is 1.